The second-order valence-corrected chi connectivity index (χ2v) is 5.19. The number of esters is 1. The van der Waals surface area contributed by atoms with Crippen molar-refractivity contribution in [1.82, 2.24) is 4.98 Å². The lowest BCUT2D eigenvalue weighted by Gasteiger charge is -1.96. The number of rotatable bonds is 3. The van der Waals surface area contributed by atoms with Gasteiger partial charge < -0.3 is 4.74 Å². The average Bonchev–Trinajstić information content (AvgIpc) is 2.83. The van der Waals surface area contributed by atoms with Gasteiger partial charge in [0.2, 0.25) is 0 Å². The summed E-state index contributed by atoms with van der Waals surface area (Å²) in [7, 11) is 1.25. The monoisotopic (exact) mass is 295 g/mol. The van der Waals surface area contributed by atoms with Gasteiger partial charge >= 0.3 is 5.97 Å². The number of benzene rings is 1. The third kappa shape index (κ3) is 2.83. The molecule has 19 heavy (non-hydrogen) atoms. The van der Waals surface area contributed by atoms with E-state index in [2.05, 4.69) is 9.72 Å². The molecule has 0 aliphatic rings. The van der Waals surface area contributed by atoms with Crippen molar-refractivity contribution in [2.45, 2.75) is 6.92 Å². The van der Waals surface area contributed by atoms with Crippen molar-refractivity contribution >= 4 is 34.7 Å². The van der Waals surface area contributed by atoms with Crippen molar-refractivity contribution in [3.05, 3.63) is 39.9 Å². The summed E-state index contributed by atoms with van der Waals surface area (Å²) in [5, 5.41) is 1.13. The zero-order chi connectivity index (χ0) is 14.0. The fourth-order valence-electron chi connectivity index (χ4n) is 1.54. The van der Waals surface area contributed by atoms with Crippen molar-refractivity contribution in [3.8, 4) is 10.6 Å². The van der Waals surface area contributed by atoms with E-state index in [1.54, 1.807) is 18.2 Å². The van der Waals surface area contributed by atoms with Gasteiger partial charge in [0.1, 0.15) is 9.88 Å². The first kappa shape index (κ1) is 13.7. The van der Waals surface area contributed by atoms with Gasteiger partial charge in [0.05, 0.1) is 7.11 Å². The molecule has 0 N–H and O–H groups in total. The number of nitrogens with zero attached hydrogens (tertiary/aromatic N) is 1. The highest BCUT2D eigenvalue weighted by Gasteiger charge is 2.22. The van der Waals surface area contributed by atoms with Crippen LogP contribution in [0.4, 0.5) is 0 Å². The predicted octanol–water partition coefficient (Wildman–Crippen LogP) is 3.45. The summed E-state index contributed by atoms with van der Waals surface area (Å²) in [6.45, 7) is 1.39. The van der Waals surface area contributed by atoms with Crippen LogP contribution < -0.4 is 0 Å². The summed E-state index contributed by atoms with van der Waals surface area (Å²) in [5.74, 6) is -0.832. The van der Waals surface area contributed by atoms with Crippen molar-refractivity contribution in [2.75, 3.05) is 7.11 Å². The summed E-state index contributed by atoms with van der Waals surface area (Å²) in [5.41, 5.74) is 0.810. The number of carbonyl (C=O) groups excluding carboxylic acids is 2. The molecule has 2 aromatic rings. The van der Waals surface area contributed by atoms with E-state index in [9.17, 15) is 9.59 Å². The fraction of sp³-hybridized carbons (Fsp3) is 0.154. The third-order valence-corrected chi connectivity index (χ3v) is 3.84. The maximum atomic E-state index is 11.6. The van der Waals surface area contributed by atoms with Gasteiger partial charge in [-0.15, -0.1) is 11.3 Å². The smallest absolute Gasteiger partial charge is 0.358 e. The van der Waals surface area contributed by atoms with E-state index in [1.807, 2.05) is 6.07 Å². The Morgan fingerprint density at radius 1 is 1.37 bits per heavy atom. The quantitative estimate of drug-likeness (QED) is 0.643. The molecule has 2 rings (SSSR count). The first-order chi connectivity index (χ1) is 9.02. The van der Waals surface area contributed by atoms with Crippen LogP contribution in [0.2, 0.25) is 5.02 Å². The van der Waals surface area contributed by atoms with Crippen LogP contribution in [0.15, 0.2) is 24.3 Å². The Morgan fingerprint density at radius 2 is 2.11 bits per heavy atom. The maximum absolute atomic E-state index is 11.6. The van der Waals surface area contributed by atoms with E-state index >= 15 is 0 Å². The molecule has 0 saturated heterocycles. The molecule has 0 fully saturated rings. The van der Waals surface area contributed by atoms with E-state index in [1.165, 1.54) is 14.0 Å². The largest absolute Gasteiger partial charge is 0.464 e. The van der Waals surface area contributed by atoms with Crippen molar-refractivity contribution < 1.29 is 14.3 Å². The molecular weight excluding hydrogens is 286 g/mol. The molecular formula is C13H10ClNO3S. The first-order valence-electron chi connectivity index (χ1n) is 5.39. The van der Waals surface area contributed by atoms with Gasteiger partial charge in [0.25, 0.3) is 0 Å². The van der Waals surface area contributed by atoms with Gasteiger partial charge in [-0.1, -0.05) is 23.7 Å². The molecule has 0 aliphatic carbocycles. The molecule has 0 amide bonds. The van der Waals surface area contributed by atoms with E-state index in [0.29, 0.717) is 14.9 Å². The second-order valence-electron chi connectivity index (χ2n) is 3.75. The van der Waals surface area contributed by atoms with E-state index in [-0.39, 0.29) is 11.5 Å². The number of Topliss-reactive ketones (excluding diaryl/α,β-unsaturated/α-hetero) is 1. The number of ketones is 1. The summed E-state index contributed by atoms with van der Waals surface area (Å²) in [6.07, 6.45) is 0. The SMILES string of the molecule is COC(=O)c1nc(-c2cccc(Cl)c2)sc1C(C)=O. The van der Waals surface area contributed by atoms with Crippen molar-refractivity contribution in [2.24, 2.45) is 0 Å². The molecule has 0 spiro atoms. The standard InChI is InChI=1S/C13H10ClNO3S/c1-7(16)11-10(13(17)18-2)15-12(19-11)8-4-3-5-9(14)6-8/h3-6H,1-2H3. The molecule has 6 heteroatoms. The lowest BCUT2D eigenvalue weighted by atomic mass is 10.2. The van der Waals surface area contributed by atoms with Crippen LogP contribution in [0.5, 0.6) is 0 Å². The number of ether oxygens (including phenoxy) is 1. The maximum Gasteiger partial charge on any atom is 0.358 e. The van der Waals surface area contributed by atoms with Gasteiger partial charge in [-0.3, -0.25) is 4.79 Å². The predicted molar refractivity (Wildman–Crippen MR) is 73.9 cm³/mol. The number of aromatic nitrogens is 1. The number of hydrogen-bond acceptors (Lipinski definition) is 5. The Labute approximate surface area is 119 Å². The first-order valence-corrected chi connectivity index (χ1v) is 6.58. The number of thiazole rings is 1. The van der Waals surface area contributed by atoms with Gasteiger partial charge in [-0.05, 0) is 12.1 Å². The molecule has 0 aliphatic heterocycles. The highest BCUT2D eigenvalue weighted by Crippen LogP contribution is 2.30. The van der Waals surface area contributed by atoms with Gasteiger partial charge in [-0.25, -0.2) is 9.78 Å². The number of carbonyl (C=O) groups is 2. The molecule has 0 unspecified atom stereocenters. The normalized spacial score (nSPS) is 10.3. The summed E-state index contributed by atoms with van der Waals surface area (Å²) >= 11 is 7.06. The van der Waals surface area contributed by atoms with E-state index in [4.69, 9.17) is 11.6 Å². The summed E-state index contributed by atoms with van der Waals surface area (Å²) in [6, 6.07) is 7.07. The molecule has 0 atom stereocenters. The molecule has 4 nitrogen and oxygen atoms in total. The van der Waals surface area contributed by atoms with Gasteiger partial charge in [0.15, 0.2) is 11.5 Å². The average molecular weight is 296 g/mol. The highest BCUT2D eigenvalue weighted by molar-refractivity contribution is 7.17. The minimum Gasteiger partial charge on any atom is -0.464 e. The van der Waals surface area contributed by atoms with Crippen LogP contribution in [0, 0.1) is 0 Å². The van der Waals surface area contributed by atoms with E-state index in [0.717, 1.165) is 16.9 Å². The van der Waals surface area contributed by atoms with Crippen LogP contribution in [-0.2, 0) is 4.74 Å². The molecule has 1 aromatic heterocycles. The second kappa shape index (κ2) is 5.50. The summed E-state index contributed by atoms with van der Waals surface area (Å²) < 4.78 is 4.63. The molecule has 0 bridgehead atoms. The number of halogens is 1. The Kier molecular flexibility index (Phi) is 3.97. The number of hydrogen-bond donors (Lipinski definition) is 0. The van der Waals surface area contributed by atoms with Crippen LogP contribution in [0.1, 0.15) is 27.1 Å². The lowest BCUT2D eigenvalue weighted by molar-refractivity contribution is 0.0591. The molecule has 0 saturated carbocycles. The van der Waals surface area contributed by atoms with Gasteiger partial charge in [0, 0.05) is 17.5 Å². The number of methoxy groups -OCH3 is 1. The third-order valence-electron chi connectivity index (χ3n) is 2.40. The van der Waals surface area contributed by atoms with Gasteiger partial charge in [-0.2, -0.15) is 0 Å². The van der Waals surface area contributed by atoms with Crippen molar-refractivity contribution in [1.29, 1.82) is 0 Å². The Hall–Kier alpha value is -1.72. The van der Waals surface area contributed by atoms with E-state index < -0.39 is 5.97 Å². The minimum absolute atomic E-state index is 0.0509. The zero-order valence-electron chi connectivity index (χ0n) is 10.3. The Morgan fingerprint density at radius 3 is 2.68 bits per heavy atom. The van der Waals surface area contributed by atoms with Crippen LogP contribution in [-0.4, -0.2) is 23.8 Å². The molecule has 1 heterocycles. The van der Waals surface area contributed by atoms with Crippen LogP contribution in [0.25, 0.3) is 10.6 Å². The highest BCUT2D eigenvalue weighted by atomic mass is 35.5. The topological polar surface area (TPSA) is 56.3 Å². The molecule has 1 aromatic carbocycles. The Bertz CT molecular complexity index is 651. The molecule has 0 radical (unpaired) electrons. The Balaban J connectivity index is 2.54. The fourth-order valence-corrected chi connectivity index (χ4v) is 2.67. The lowest BCUT2D eigenvalue weighted by Crippen LogP contribution is -2.06. The van der Waals surface area contributed by atoms with Crippen molar-refractivity contribution in [3.63, 3.8) is 0 Å². The molecule has 98 valence electrons. The van der Waals surface area contributed by atoms with Crippen LogP contribution in [0.3, 0.4) is 0 Å². The minimum atomic E-state index is -0.616. The zero-order valence-corrected chi connectivity index (χ0v) is 11.8. The van der Waals surface area contributed by atoms with Crippen LogP contribution >= 0.6 is 22.9 Å². The summed E-state index contributed by atoms with van der Waals surface area (Å²) in [4.78, 5) is 27.6.